The molecule has 3 aliphatic heterocycles. The third-order valence-electron chi connectivity index (χ3n) is 5.93. The zero-order valence-corrected chi connectivity index (χ0v) is 22.1. The van der Waals surface area contributed by atoms with Gasteiger partial charge in [-0.15, -0.1) is 11.8 Å². The van der Waals surface area contributed by atoms with Crippen molar-refractivity contribution in [3.05, 3.63) is 72.2 Å². The molecular weight excluding hydrogens is 474 g/mol. The van der Waals surface area contributed by atoms with Crippen molar-refractivity contribution in [3.63, 3.8) is 0 Å². The summed E-state index contributed by atoms with van der Waals surface area (Å²) in [6, 6.07) is 0. The maximum Gasteiger partial charge on any atom is 0.203 e. The van der Waals surface area contributed by atoms with Gasteiger partial charge in [0.25, 0.3) is 0 Å². The first-order valence-electron chi connectivity index (χ1n) is 12.1. The van der Waals surface area contributed by atoms with Gasteiger partial charge in [-0.3, -0.25) is 10.3 Å². The topological polar surface area (TPSA) is 67.6 Å². The predicted molar refractivity (Wildman–Crippen MR) is 154 cm³/mol. The normalized spacial score (nSPS) is 29.5. The van der Waals surface area contributed by atoms with Gasteiger partial charge in [0.2, 0.25) is 11.9 Å². The number of allylic oxidation sites excluding steroid dienone is 10. The number of hydrogen-bond acceptors (Lipinski definition) is 9. The van der Waals surface area contributed by atoms with Crippen LogP contribution in [-0.4, -0.2) is 77.4 Å². The Hall–Kier alpha value is -2.49. The Kier molecular flexibility index (Phi) is 9.50. The van der Waals surface area contributed by atoms with Crippen LogP contribution in [-0.2, 0) is 0 Å². The maximum absolute atomic E-state index is 4.94. The van der Waals surface area contributed by atoms with Crippen LogP contribution in [0.5, 0.6) is 0 Å². The summed E-state index contributed by atoms with van der Waals surface area (Å²) < 4.78 is 0. The highest BCUT2D eigenvalue weighted by Crippen LogP contribution is 2.32. The van der Waals surface area contributed by atoms with Crippen LogP contribution < -0.4 is 10.6 Å². The van der Waals surface area contributed by atoms with Crippen molar-refractivity contribution in [1.82, 2.24) is 20.4 Å². The highest BCUT2D eigenvalue weighted by molar-refractivity contribution is 8.03. The first kappa shape index (κ1) is 25.6. The molecule has 0 spiro atoms. The Morgan fingerprint density at radius 3 is 2.83 bits per heavy atom. The number of rotatable bonds is 6. The number of likely N-dealkylation sites (N-methyl/N-ethyl adjacent to an activating group) is 1. The Balaban J connectivity index is 1.45. The molecule has 186 valence electrons. The van der Waals surface area contributed by atoms with Crippen LogP contribution in [0, 0.1) is 5.92 Å². The molecule has 3 heterocycles. The van der Waals surface area contributed by atoms with E-state index in [0.717, 1.165) is 49.4 Å². The first-order chi connectivity index (χ1) is 17.1. The van der Waals surface area contributed by atoms with Gasteiger partial charge >= 0.3 is 0 Å². The molecule has 1 aliphatic carbocycles. The molecule has 7 nitrogen and oxygen atoms in total. The van der Waals surface area contributed by atoms with E-state index in [4.69, 9.17) is 15.0 Å². The predicted octanol–water partition coefficient (Wildman–Crippen LogP) is 3.96. The molecule has 4 atom stereocenters. The second kappa shape index (κ2) is 13.0. The second-order valence-electron chi connectivity index (χ2n) is 8.59. The summed E-state index contributed by atoms with van der Waals surface area (Å²) in [7, 11) is 2.16. The van der Waals surface area contributed by atoms with E-state index in [9.17, 15) is 0 Å². The molecule has 0 amide bonds. The molecular formula is C26H35N7S2. The summed E-state index contributed by atoms with van der Waals surface area (Å²) in [4.78, 5) is 20.3. The van der Waals surface area contributed by atoms with Gasteiger partial charge in [0, 0.05) is 37.3 Å². The van der Waals surface area contributed by atoms with Gasteiger partial charge < -0.3 is 15.1 Å². The molecule has 1 saturated heterocycles. The molecule has 0 saturated carbocycles. The monoisotopic (exact) mass is 509 g/mol. The third kappa shape index (κ3) is 7.49. The maximum atomic E-state index is 4.94. The van der Waals surface area contributed by atoms with Gasteiger partial charge in [0.05, 0.1) is 5.25 Å². The summed E-state index contributed by atoms with van der Waals surface area (Å²) in [5.74, 6) is 2.02. The minimum absolute atomic E-state index is 0.0826. The van der Waals surface area contributed by atoms with E-state index in [0.29, 0.717) is 11.2 Å². The molecule has 0 aromatic rings. The zero-order chi connectivity index (χ0) is 24.5. The van der Waals surface area contributed by atoms with Gasteiger partial charge in [-0.05, 0) is 32.4 Å². The minimum Gasteiger partial charge on any atom is -0.340 e. The second-order valence-corrected chi connectivity index (χ2v) is 11.0. The summed E-state index contributed by atoms with van der Waals surface area (Å²) in [6.45, 7) is 9.76. The summed E-state index contributed by atoms with van der Waals surface area (Å²) >= 11 is 3.44. The van der Waals surface area contributed by atoms with Crippen LogP contribution in [0.2, 0.25) is 0 Å². The Bertz CT molecular complexity index is 984. The van der Waals surface area contributed by atoms with Crippen LogP contribution >= 0.6 is 23.5 Å². The van der Waals surface area contributed by atoms with Crippen molar-refractivity contribution >= 4 is 41.7 Å². The van der Waals surface area contributed by atoms with Gasteiger partial charge in [-0.25, -0.2) is 9.98 Å². The van der Waals surface area contributed by atoms with E-state index in [-0.39, 0.29) is 11.0 Å². The van der Waals surface area contributed by atoms with Crippen LogP contribution in [0.25, 0.3) is 0 Å². The van der Waals surface area contributed by atoms with Crippen molar-refractivity contribution in [1.29, 1.82) is 0 Å². The Morgan fingerprint density at radius 1 is 1.20 bits per heavy atom. The lowest BCUT2D eigenvalue weighted by atomic mass is 9.99. The number of nitrogens with zero attached hydrogens (tertiary/aromatic N) is 5. The van der Waals surface area contributed by atoms with E-state index in [1.165, 1.54) is 0 Å². The number of piperazine rings is 1. The Labute approximate surface area is 217 Å². The molecule has 4 unspecified atom stereocenters. The van der Waals surface area contributed by atoms with E-state index in [2.05, 4.69) is 82.8 Å². The average Bonchev–Trinajstić information content (AvgIpc) is 3.27. The smallest absolute Gasteiger partial charge is 0.203 e. The standard InChI is InChI=1S/C26H35N7S2/c1-4-11-21(12-5-2)34-26-30-23(28-24(31-26)33-17-15-32(3)16-18-33)29-25-27-19-22(35-25)20-13-9-7-6-8-10-14-20/h4-13,19-20,22,25-26H,1,14-18H2,2-3H3,(H2,28,29,30,31). The van der Waals surface area contributed by atoms with Crippen molar-refractivity contribution in [2.24, 2.45) is 20.9 Å². The van der Waals surface area contributed by atoms with Crippen molar-refractivity contribution < 1.29 is 0 Å². The molecule has 1 fully saturated rings. The van der Waals surface area contributed by atoms with E-state index in [1.54, 1.807) is 17.8 Å². The fraction of sp³-hybridized carbons (Fsp3) is 0.423. The molecule has 0 radical (unpaired) electrons. The highest BCUT2D eigenvalue weighted by atomic mass is 32.2. The number of hydrogen-bond donors (Lipinski definition) is 2. The van der Waals surface area contributed by atoms with E-state index < -0.39 is 0 Å². The fourth-order valence-electron chi connectivity index (χ4n) is 4.01. The number of guanidine groups is 2. The average molecular weight is 510 g/mol. The molecule has 0 bridgehead atoms. The number of aliphatic imine (C=N–C) groups is 3. The fourth-order valence-corrected chi connectivity index (χ4v) is 6.11. The summed E-state index contributed by atoms with van der Waals surface area (Å²) in [6.07, 6.45) is 23.9. The van der Waals surface area contributed by atoms with Gasteiger partial charge in [-0.2, -0.15) is 0 Å². The number of nitrogens with one attached hydrogen (secondary N) is 2. The van der Waals surface area contributed by atoms with Crippen LogP contribution in [0.1, 0.15) is 13.3 Å². The summed E-state index contributed by atoms with van der Waals surface area (Å²) in [5, 5.41) is 7.30. The van der Waals surface area contributed by atoms with E-state index >= 15 is 0 Å². The molecule has 4 rings (SSSR count). The van der Waals surface area contributed by atoms with Gasteiger partial charge in [-0.1, -0.05) is 73.0 Å². The lowest BCUT2D eigenvalue weighted by Crippen LogP contribution is -2.57. The summed E-state index contributed by atoms with van der Waals surface area (Å²) in [5.41, 5.74) is -0.367. The molecule has 0 aromatic heterocycles. The molecule has 4 aliphatic rings. The van der Waals surface area contributed by atoms with Gasteiger partial charge in [0.1, 0.15) is 0 Å². The third-order valence-corrected chi connectivity index (χ3v) is 8.18. The van der Waals surface area contributed by atoms with Crippen molar-refractivity contribution in [2.75, 3.05) is 33.2 Å². The SMILES string of the molecule is C=CC=C(C=CC)SC1N=C(NC2N=CC(C3C=CC=CC=CC3)S2)NC(N2CCN(C)CC2)=N1. The van der Waals surface area contributed by atoms with Crippen molar-refractivity contribution in [3.8, 4) is 0 Å². The quantitative estimate of drug-likeness (QED) is 0.529. The molecule has 0 aromatic carbocycles. The van der Waals surface area contributed by atoms with E-state index in [1.807, 2.05) is 30.8 Å². The van der Waals surface area contributed by atoms with Crippen LogP contribution in [0.3, 0.4) is 0 Å². The van der Waals surface area contributed by atoms with Crippen LogP contribution in [0.15, 0.2) is 87.2 Å². The highest BCUT2D eigenvalue weighted by Gasteiger charge is 2.30. The zero-order valence-electron chi connectivity index (χ0n) is 20.5. The largest absolute Gasteiger partial charge is 0.340 e. The van der Waals surface area contributed by atoms with Crippen LogP contribution in [0.4, 0.5) is 0 Å². The lowest BCUT2D eigenvalue weighted by molar-refractivity contribution is 0.212. The lowest BCUT2D eigenvalue weighted by Gasteiger charge is -2.36. The Morgan fingerprint density at radius 2 is 2.03 bits per heavy atom. The number of thioether (sulfide) groups is 2. The molecule has 2 N–H and O–H groups in total. The van der Waals surface area contributed by atoms with Gasteiger partial charge in [0.15, 0.2) is 11.0 Å². The van der Waals surface area contributed by atoms with Crippen molar-refractivity contribution in [2.45, 2.75) is 29.6 Å². The molecule has 35 heavy (non-hydrogen) atoms. The first-order valence-corrected chi connectivity index (χ1v) is 13.9. The minimum atomic E-state index is -0.285. The molecule has 9 heteroatoms.